The van der Waals surface area contributed by atoms with Crippen molar-refractivity contribution in [1.82, 2.24) is 0 Å². The Morgan fingerprint density at radius 3 is 2.62 bits per heavy atom. The first kappa shape index (κ1) is 16.3. The molecule has 0 aliphatic carbocycles. The van der Waals surface area contributed by atoms with Crippen LogP contribution < -0.4 is 15.4 Å². The Morgan fingerprint density at radius 1 is 1.25 bits per heavy atom. The molecule has 0 aromatic heterocycles. The van der Waals surface area contributed by atoms with Crippen LogP contribution in [0.25, 0.3) is 0 Å². The molecule has 3 rings (SSSR count). The van der Waals surface area contributed by atoms with Crippen LogP contribution in [0.15, 0.2) is 52.3 Å². The highest BCUT2D eigenvalue weighted by Crippen LogP contribution is 2.43. The minimum absolute atomic E-state index is 0.0753. The molecule has 0 radical (unpaired) electrons. The monoisotopic (exact) mass is 387 g/mol. The Morgan fingerprint density at radius 2 is 2.00 bits per heavy atom. The van der Waals surface area contributed by atoms with Gasteiger partial charge in [0.15, 0.2) is 0 Å². The van der Waals surface area contributed by atoms with Gasteiger partial charge in [0.1, 0.15) is 23.2 Å². The third-order valence-electron chi connectivity index (χ3n) is 4.00. The second kappa shape index (κ2) is 6.17. The van der Waals surface area contributed by atoms with Gasteiger partial charge >= 0.3 is 0 Å². The number of nitriles is 1. The molecule has 1 atom stereocenters. The van der Waals surface area contributed by atoms with Crippen molar-refractivity contribution in [2.75, 3.05) is 19.0 Å². The molecule has 0 amide bonds. The molecule has 6 heteroatoms. The molecule has 4 nitrogen and oxygen atoms in total. The van der Waals surface area contributed by atoms with Crippen LogP contribution >= 0.6 is 15.9 Å². The van der Waals surface area contributed by atoms with Gasteiger partial charge in [0.2, 0.25) is 5.88 Å². The van der Waals surface area contributed by atoms with E-state index < -0.39 is 5.92 Å². The number of ether oxygens (including phenoxy) is 1. The van der Waals surface area contributed by atoms with Crippen LogP contribution in [-0.4, -0.2) is 14.1 Å². The van der Waals surface area contributed by atoms with Gasteiger partial charge in [-0.3, -0.25) is 0 Å². The van der Waals surface area contributed by atoms with Crippen molar-refractivity contribution in [3.05, 3.63) is 69.3 Å². The summed E-state index contributed by atoms with van der Waals surface area (Å²) in [5.74, 6) is -0.0780. The number of hydrogen-bond acceptors (Lipinski definition) is 4. The third-order valence-corrected chi connectivity index (χ3v) is 4.60. The van der Waals surface area contributed by atoms with E-state index in [1.54, 1.807) is 12.1 Å². The number of nitrogens with zero attached hydrogens (tertiary/aromatic N) is 2. The van der Waals surface area contributed by atoms with Gasteiger partial charge in [-0.15, -0.1) is 0 Å². The molecule has 24 heavy (non-hydrogen) atoms. The Balaban J connectivity index is 2.20. The Hall–Kier alpha value is -2.52. The summed E-state index contributed by atoms with van der Waals surface area (Å²) in [6, 6.07) is 12.6. The van der Waals surface area contributed by atoms with Crippen molar-refractivity contribution in [2.24, 2.45) is 5.73 Å². The summed E-state index contributed by atoms with van der Waals surface area (Å²) in [5, 5.41) is 9.52. The number of hydrogen-bond donors (Lipinski definition) is 1. The zero-order valence-electron chi connectivity index (χ0n) is 13.2. The summed E-state index contributed by atoms with van der Waals surface area (Å²) < 4.78 is 19.6. The maximum absolute atomic E-state index is 13.6. The van der Waals surface area contributed by atoms with E-state index in [4.69, 9.17) is 10.5 Å². The molecule has 0 saturated heterocycles. The average Bonchev–Trinajstić information content (AvgIpc) is 2.55. The summed E-state index contributed by atoms with van der Waals surface area (Å²) >= 11 is 3.20. The third kappa shape index (κ3) is 2.72. The van der Waals surface area contributed by atoms with Crippen LogP contribution in [0, 0.1) is 17.1 Å². The van der Waals surface area contributed by atoms with Crippen LogP contribution in [0.1, 0.15) is 17.0 Å². The molecule has 0 fully saturated rings. The topological polar surface area (TPSA) is 62.3 Å². The first-order chi connectivity index (χ1) is 11.4. The molecule has 2 aromatic rings. The number of rotatable bonds is 2. The van der Waals surface area contributed by atoms with Gasteiger partial charge in [0.05, 0.1) is 10.4 Å². The van der Waals surface area contributed by atoms with E-state index in [9.17, 15) is 9.65 Å². The second-order valence-corrected chi connectivity index (χ2v) is 6.57. The van der Waals surface area contributed by atoms with Crippen molar-refractivity contribution >= 4 is 21.6 Å². The van der Waals surface area contributed by atoms with Gasteiger partial charge in [-0.25, -0.2) is 4.39 Å². The molecule has 0 bridgehead atoms. The van der Waals surface area contributed by atoms with Crippen molar-refractivity contribution in [2.45, 2.75) is 5.92 Å². The average molecular weight is 388 g/mol. The largest absolute Gasteiger partial charge is 0.440 e. The Bertz CT molecular complexity index is 886. The predicted octanol–water partition coefficient (Wildman–Crippen LogP) is 3.87. The fourth-order valence-corrected chi connectivity index (χ4v) is 3.15. The molecule has 1 aliphatic rings. The fraction of sp³-hybridized carbons (Fsp3) is 0.167. The van der Waals surface area contributed by atoms with Crippen molar-refractivity contribution in [1.29, 1.82) is 5.26 Å². The van der Waals surface area contributed by atoms with Crippen molar-refractivity contribution in [3.8, 4) is 11.8 Å². The first-order valence-electron chi connectivity index (χ1n) is 7.26. The van der Waals surface area contributed by atoms with Crippen LogP contribution in [0.5, 0.6) is 5.75 Å². The van der Waals surface area contributed by atoms with Crippen molar-refractivity contribution < 1.29 is 9.13 Å². The lowest BCUT2D eigenvalue weighted by atomic mass is 9.83. The van der Waals surface area contributed by atoms with Crippen LogP contribution in [-0.2, 0) is 0 Å². The van der Waals surface area contributed by atoms with Gasteiger partial charge < -0.3 is 15.4 Å². The standard InChI is InChI=1S/C18H15BrFN3O/c1-23(2)11-4-5-12-16(8-11)24-18(22)13(9-21)17(12)10-3-6-15(20)14(19)7-10/h3-8,17H,22H2,1-2H3/t17-/m0/s1. The highest BCUT2D eigenvalue weighted by atomic mass is 79.9. The lowest BCUT2D eigenvalue weighted by Crippen LogP contribution is -2.21. The van der Waals surface area contributed by atoms with E-state index in [-0.39, 0.29) is 11.7 Å². The minimum atomic E-state index is -0.396. The molecule has 2 N–H and O–H groups in total. The number of nitrogens with two attached hydrogens (primary N) is 1. The highest BCUT2D eigenvalue weighted by Gasteiger charge is 2.31. The number of fused-ring (bicyclic) bond motifs is 1. The molecule has 0 spiro atoms. The zero-order valence-corrected chi connectivity index (χ0v) is 14.8. The normalized spacial score (nSPS) is 16.2. The second-order valence-electron chi connectivity index (χ2n) is 5.71. The molecular formula is C18H15BrFN3O. The number of anilines is 1. The van der Waals surface area contributed by atoms with E-state index >= 15 is 0 Å². The van der Waals surface area contributed by atoms with E-state index in [2.05, 4.69) is 22.0 Å². The smallest absolute Gasteiger partial charge is 0.205 e. The fourth-order valence-electron chi connectivity index (χ4n) is 2.76. The minimum Gasteiger partial charge on any atom is -0.440 e. The number of allylic oxidation sites excluding steroid dienone is 1. The van der Waals surface area contributed by atoms with Crippen molar-refractivity contribution in [3.63, 3.8) is 0 Å². The Kier molecular flexibility index (Phi) is 4.20. The van der Waals surface area contributed by atoms with E-state index in [1.807, 2.05) is 37.2 Å². The summed E-state index contributed by atoms with van der Waals surface area (Å²) in [4.78, 5) is 1.95. The number of benzene rings is 2. The maximum Gasteiger partial charge on any atom is 0.205 e. The van der Waals surface area contributed by atoms with Gasteiger partial charge in [-0.05, 0) is 39.7 Å². The maximum atomic E-state index is 13.6. The van der Waals surface area contributed by atoms with Gasteiger partial charge in [0, 0.05) is 31.4 Å². The highest BCUT2D eigenvalue weighted by molar-refractivity contribution is 9.10. The van der Waals surface area contributed by atoms with Gasteiger partial charge in [-0.2, -0.15) is 5.26 Å². The quantitative estimate of drug-likeness (QED) is 0.849. The summed E-state index contributed by atoms with van der Waals surface area (Å²) in [7, 11) is 3.86. The lowest BCUT2D eigenvalue weighted by Gasteiger charge is -2.27. The van der Waals surface area contributed by atoms with E-state index in [0.29, 0.717) is 15.8 Å². The molecule has 122 valence electrons. The molecule has 0 saturated carbocycles. The Labute approximate surface area is 148 Å². The van der Waals surface area contributed by atoms with Crippen LogP contribution in [0.4, 0.5) is 10.1 Å². The predicted molar refractivity (Wildman–Crippen MR) is 94.2 cm³/mol. The van der Waals surface area contributed by atoms with Crippen LogP contribution in [0.2, 0.25) is 0 Å². The van der Waals surface area contributed by atoms with E-state index in [0.717, 1.165) is 16.8 Å². The number of halogens is 2. The first-order valence-corrected chi connectivity index (χ1v) is 8.05. The molecule has 1 aliphatic heterocycles. The molecule has 1 heterocycles. The summed E-state index contributed by atoms with van der Waals surface area (Å²) in [6.45, 7) is 0. The SMILES string of the molecule is CN(C)c1ccc2c(c1)OC(N)=C(C#N)[C@H]2c1ccc(F)c(Br)c1. The lowest BCUT2D eigenvalue weighted by molar-refractivity contribution is 0.394. The zero-order chi connectivity index (χ0) is 17.4. The molecule has 2 aromatic carbocycles. The molecule has 0 unspecified atom stereocenters. The summed E-state index contributed by atoms with van der Waals surface area (Å²) in [5.41, 5.74) is 8.83. The van der Waals surface area contributed by atoms with Gasteiger partial charge in [-0.1, -0.05) is 12.1 Å². The van der Waals surface area contributed by atoms with Crippen LogP contribution in [0.3, 0.4) is 0 Å². The summed E-state index contributed by atoms with van der Waals surface area (Å²) in [6.07, 6.45) is 0. The molecular weight excluding hydrogens is 373 g/mol. The van der Waals surface area contributed by atoms with Gasteiger partial charge in [0.25, 0.3) is 0 Å². The van der Waals surface area contributed by atoms with E-state index in [1.165, 1.54) is 6.07 Å².